The van der Waals surface area contributed by atoms with E-state index in [0.717, 1.165) is 0 Å². The average molecular weight is 572 g/mol. The molecule has 0 heterocycles. The Balaban J connectivity index is -0.0000000847. The Morgan fingerprint density at radius 1 is 0.500 bits per heavy atom. The van der Waals surface area contributed by atoms with Crippen molar-refractivity contribution in [2.75, 3.05) is 0 Å². The Morgan fingerprint density at radius 3 is 0.700 bits per heavy atom. The first-order valence-corrected chi connectivity index (χ1v) is 6.23. The van der Waals surface area contributed by atoms with Crippen LogP contribution in [0.2, 0.25) is 0 Å². The van der Waals surface area contributed by atoms with Crippen LogP contribution >= 0.6 is 0 Å². The molecule has 4 N–H and O–H groups in total. The molecule has 18 heteroatoms. The number of hydrogen-bond donors (Lipinski definition) is 2. The zero-order chi connectivity index (χ0) is 21.3. The summed E-state index contributed by atoms with van der Waals surface area (Å²) >= 11 is 0. The smallest absolute Gasteiger partial charge is 0.550 e. The van der Waals surface area contributed by atoms with E-state index in [4.69, 9.17) is 10.2 Å². The van der Waals surface area contributed by atoms with Gasteiger partial charge in [-0.25, -0.2) is 0 Å². The van der Waals surface area contributed by atoms with E-state index in [1.165, 1.54) is 0 Å². The summed E-state index contributed by atoms with van der Waals surface area (Å²) in [6, 6.07) is 0. The van der Waals surface area contributed by atoms with Gasteiger partial charge in [-0.3, -0.25) is 0 Å². The Labute approximate surface area is 197 Å². The fourth-order valence-corrected chi connectivity index (χ4v) is 1.37. The van der Waals surface area contributed by atoms with Crippen molar-refractivity contribution in [2.45, 2.75) is 36.9 Å². The Kier molecular flexibility index (Phi) is 25.4. The van der Waals surface area contributed by atoms with Crippen LogP contribution in [-0.2, 0) is 78.2 Å². The van der Waals surface area contributed by atoms with Gasteiger partial charge in [-0.15, -0.1) is 0 Å². The average Bonchev–Trinajstić information content (AvgIpc) is 2.34. The van der Waals surface area contributed by atoms with Crippen LogP contribution in [0.25, 0.3) is 0 Å². The molecule has 0 unspecified atom stereocenters. The number of carbonyl (C=O) groups is 6. The number of carboxylic acid groups (broad SMARTS) is 6. The Hall–Kier alpha value is -1.82. The minimum atomic E-state index is -2.97. The molecule has 30 heavy (non-hydrogen) atoms. The van der Waals surface area contributed by atoms with Gasteiger partial charge < -0.3 is 75.1 Å². The zero-order valence-electron chi connectivity index (χ0n) is 14.1. The molecule has 0 bridgehead atoms. The largest absolute Gasteiger partial charge is 2.00 e. The number of carboxylic acids is 6. The third-order valence-corrected chi connectivity index (χ3v) is 2.51. The molecule has 0 aromatic heterocycles. The maximum Gasteiger partial charge on any atom is 2.00 e. The van der Waals surface area contributed by atoms with Crippen LogP contribution in [0.1, 0.15) is 25.7 Å². The van der Waals surface area contributed by atoms with Gasteiger partial charge in [0.15, 0.2) is 0 Å². The van der Waals surface area contributed by atoms with Gasteiger partial charge in [-0.05, 0) is 0 Å². The fraction of sp³-hybridized carbons (Fsp3) is 0.500. The summed E-state index contributed by atoms with van der Waals surface area (Å²) in [5, 5.41) is 77.9. The fourth-order valence-electron chi connectivity index (χ4n) is 1.37. The molecule has 0 aliphatic heterocycles. The number of rotatable bonds is 10. The van der Waals surface area contributed by atoms with E-state index >= 15 is 0 Å². The van der Waals surface area contributed by atoms with E-state index in [-0.39, 0.29) is 55.0 Å². The van der Waals surface area contributed by atoms with Crippen molar-refractivity contribution in [3.8, 4) is 0 Å². The standard InChI is InChI=1S/2C6H8O7.3Ni.H2O/c2*7-3(8)1-6(13,5(11)12)2-4(9)10;;;;/h2*13H,1-2H2,(H,7,8)(H,9,10)(H,11,12);;;;1H2/q;;3*+2;/p-6. The van der Waals surface area contributed by atoms with Crippen molar-refractivity contribution in [1.82, 2.24) is 0 Å². The first-order chi connectivity index (χ1) is 11.6. The molecule has 0 spiro atoms. The SMILES string of the molecule is O.O=C([O-])CC(O)(CC(=O)[O-])C(=O)[O-].O=C([O-])CC(O)(CC(=O)[O-])C(=O)[O-].[Ni+2].[Ni+2].[Ni+2]. The van der Waals surface area contributed by atoms with Gasteiger partial charge in [0.2, 0.25) is 0 Å². The minimum absolute atomic E-state index is 0. The number of hydrogen-bond acceptors (Lipinski definition) is 14. The predicted octanol–water partition coefficient (Wildman–Crippen LogP) is -11.3. The molecule has 180 valence electrons. The summed E-state index contributed by atoms with van der Waals surface area (Å²) in [5.74, 6) is -12.0. The topological polar surface area (TPSA) is 313 Å². The normalized spacial score (nSPS) is 9.40. The molecule has 0 aromatic rings. The van der Waals surface area contributed by atoms with Crippen LogP contribution < -0.4 is 30.6 Å². The maximum absolute atomic E-state index is 10.1. The van der Waals surface area contributed by atoms with Gasteiger partial charge in [0.05, 0.1) is 11.9 Å². The van der Waals surface area contributed by atoms with E-state index in [1.54, 1.807) is 0 Å². The number of aliphatic hydroxyl groups is 2. The molecule has 0 amide bonds. The molecule has 0 radical (unpaired) electrons. The second kappa shape index (κ2) is 18.0. The van der Waals surface area contributed by atoms with E-state index < -0.39 is 72.7 Å². The van der Waals surface area contributed by atoms with Crippen molar-refractivity contribution in [3.05, 3.63) is 0 Å². The van der Waals surface area contributed by atoms with E-state index in [0.29, 0.717) is 0 Å². The summed E-state index contributed by atoms with van der Waals surface area (Å²) in [5.41, 5.74) is -5.95. The second-order valence-electron chi connectivity index (χ2n) is 4.83. The zero-order valence-corrected chi connectivity index (χ0v) is 17.0. The van der Waals surface area contributed by atoms with E-state index in [2.05, 4.69) is 0 Å². The molecule has 15 nitrogen and oxygen atoms in total. The first-order valence-electron chi connectivity index (χ1n) is 6.23. The van der Waals surface area contributed by atoms with Gasteiger partial charge >= 0.3 is 49.5 Å². The van der Waals surface area contributed by atoms with Crippen LogP contribution in [0.15, 0.2) is 0 Å². The molecular formula is C12H12Ni3O15. The van der Waals surface area contributed by atoms with Gasteiger partial charge in [0, 0.05) is 49.6 Å². The molecule has 0 saturated heterocycles. The van der Waals surface area contributed by atoms with Crippen LogP contribution in [-0.4, -0.2) is 62.7 Å². The van der Waals surface area contributed by atoms with Gasteiger partial charge in [-0.2, -0.15) is 0 Å². The third kappa shape index (κ3) is 18.2. The summed E-state index contributed by atoms with van der Waals surface area (Å²) in [4.78, 5) is 60.0. The molecular weight excluding hydrogens is 560 g/mol. The van der Waals surface area contributed by atoms with Gasteiger partial charge in [0.1, 0.15) is 11.2 Å². The molecule has 0 aliphatic rings. The van der Waals surface area contributed by atoms with Crippen molar-refractivity contribution >= 4 is 35.8 Å². The van der Waals surface area contributed by atoms with E-state index in [9.17, 15) is 59.4 Å². The van der Waals surface area contributed by atoms with Gasteiger partial charge in [-0.1, -0.05) is 0 Å². The second-order valence-corrected chi connectivity index (χ2v) is 4.83. The summed E-state index contributed by atoms with van der Waals surface area (Å²) in [7, 11) is 0. The number of aliphatic carboxylic acids is 6. The van der Waals surface area contributed by atoms with Crippen LogP contribution in [0.5, 0.6) is 0 Å². The monoisotopic (exact) mass is 570 g/mol. The van der Waals surface area contributed by atoms with Crippen molar-refractivity contribution < 1.29 is 125 Å². The Bertz CT molecular complexity index is 522. The predicted molar refractivity (Wildman–Crippen MR) is 62.0 cm³/mol. The van der Waals surface area contributed by atoms with Crippen molar-refractivity contribution in [2.24, 2.45) is 0 Å². The summed E-state index contributed by atoms with van der Waals surface area (Å²) < 4.78 is 0. The Morgan fingerprint density at radius 2 is 0.633 bits per heavy atom. The van der Waals surface area contributed by atoms with Crippen molar-refractivity contribution in [3.63, 3.8) is 0 Å². The van der Waals surface area contributed by atoms with Crippen LogP contribution in [0.3, 0.4) is 0 Å². The quantitative estimate of drug-likeness (QED) is 0.230. The minimum Gasteiger partial charge on any atom is -0.550 e. The first kappa shape index (κ1) is 42.3. The molecule has 0 rings (SSSR count). The molecule has 0 fully saturated rings. The van der Waals surface area contributed by atoms with Gasteiger partial charge in [0.25, 0.3) is 0 Å². The van der Waals surface area contributed by atoms with E-state index in [1.807, 2.05) is 0 Å². The number of carbonyl (C=O) groups excluding carboxylic acids is 6. The van der Waals surface area contributed by atoms with Crippen LogP contribution in [0, 0.1) is 0 Å². The maximum atomic E-state index is 10.1. The molecule has 0 aliphatic carbocycles. The van der Waals surface area contributed by atoms with Crippen molar-refractivity contribution in [1.29, 1.82) is 0 Å². The summed E-state index contributed by atoms with van der Waals surface area (Å²) in [6.07, 6.45) is -5.43. The molecule has 0 aromatic carbocycles. The van der Waals surface area contributed by atoms with Crippen LogP contribution in [0.4, 0.5) is 0 Å². The third-order valence-electron chi connectivity index (χ3n) is 2.51. The molecule has 0 saturated carbocycles. The summed E-state index contributed by atoms with van der Waals surface area (Å²) in [6.45, 7) is 0. The molecule has 0 atom stereocenters.